The van der Waals surface area contributed by atoms with Gasteiger partial charge in [-0.15, -0.1) is 11.3 Å². The molecule has 0 radical (unpaired) electrons. The summed E-state index contributed by atoms with van der Waals surface area (Å²) in [6.07, 6.45) is -0.946. The van der Waals surface area contributed by atoms with Gasteiger partial charge < -0.3 is 4.74 Å². The summed E-state index contributed by atoms with van der Waals surface area (Å²) >= 11 is 4.61. The molecule has 5 nitrogen and oxygen atoms in total. The van der Waals surface area contributed by atoms with Crippen molar-refractivity contribution in [1.82, 2.24) is 4.98 Å². The normalized spacial score (nSPS) is 11.6. The van der Waals surface area contributed by atoms with Gasteiger partial charge in [-0.25, -0.2) is 9.78 Å². The Hall–Kier alpha value is -2.51. The molecule has 1 amide bonds. The van der Waals surface area contributed by atoms with Gasteiger partial charge in [-0.3, -0.25) is 10.1 Å². The average molecular weight is 431 g/mol. The molecule has 3 aromatic rings. The summed E-state index contributed by atoms with van der Waals surface area (Å²) in [5, 5.41) is 5.00. The van der Waals surface area contributed by atoms with Crippen molar-refractivity contribution in [2.45, 2.75) is 13.0 Å². The summed E-state index contributed by atoms with van der Waals surface area (Å²) in [4.78, 5) is 28.8. The molecule has 0 unspecified atom stereocenters. The van der Waals surface area contributed by atoms with Crippen LogP contribution < -0.4 is 5.32 Å². The molecule has 0 fully saturated rings. The van der Waals surface area contributed by atoms with Crippen LogP contribution in [0, 0.1) is 0 Å². The number of thiazole rings is 1. The van der Waals surface area contributed by atoms with E-state index in [1.54, 1.807) is 24.3 Å². The second-order valence-electron chi connectivity index (χ2n) is 5.42. The van der Waals surface area contributed by atoms with Crippen LogP contribution in [0.5, 0.6) is 0 Å². The zero-order valence-electron chi connectivity index (χ0n) is 13.8. The number of rotatable bonds is 5. The Morgan fingerprint density at radius 3 is 2.54 bits per heavy atom. The number of nitrogens with one attached hydrogen (secondary N) is 1. The van der Waals surface area contributed by atoms with Gasteiger partial charge in [0.15, 0.2) is 11.2 Å². The Kier molecular flexibility index (Phi) is 5.80. The summed E-state index contributed by atoms with van der Waals surface area (Å²) in [6, 6.07) is 16.6. The van der Waals surface area contributed by atoms with Crippen LogP contribution in [0.2, 0.25) is 0 Å². The number of aromatic nitrogens is 1. The summed E-state index contributed by atoms with van der Waals surface area (Å²) in [5.74, 6) is -0.997. The zero-order valence-corrected chi connectivity index (χ0v) is 16.2. The number of carbonyl (C=O) groups excluding carboxylic acids is 2. The maximum atomic E-state index is 12.3. The third-order valence-electron chi connectivity index (χ3n) is 3.55. The van der Waals surface area contributed by atoms with Crippen molar-refractivity contribution in [2.24, 2.45) is 0 Å². The number of hydrogen-bond acceptors (Lipinski definition) is 5. The third-order valence-corrected chi connectivity index (χ3v) is 5.00. The molecule has 1 aromatic heterocycles. The summed E-state index contributed by atoms with van der Waals surface area (Å²) in [6.45, 7) is 1.52. The summed E-state index contributed by atoms with van der Waals surface area (Å²) < 4.78 is 5.85. The van der Waals surface area contributed by atoms with Gasteiger partial charge in [0, 0.05) is 15.4 Å². The van der Waals surface area contributed by atoms with E-state index in [0.29, 0.717) is 15.2 Å². The fourth-order valence-corrected chi connectivity index (χ4v) is 3.35. The first-order valence-corrected chi connectivity index (χ1v) is 9.49. The lowest BCUT2D eigenvalue weighted by molar-refractivity contribution is -0.123. The van der Waals surface area contributed by atoms with Crippen LogP contribution in [0.15, 0.2) is 64.5 Å². The van der Waals surface area contributed by atoms with Crippen LogP contribution in [0.4, 0.5) is 5.13 Å². The van der Waals surface area contributed by atoms with Gasteiger partial charge >= 0.3 is 5.97 Å². The van der Waals surface area contributed by atoms with Gasteiger partial charge in [0.25, 0.3) is 5.91 Å². The minimum absolute atomic E-state index is 0.368. The molecule has 0 aliphatic rings. The number of amides is 1. The number of hydrogen-bond donors (Lipinski definition) is 1. The Labute approximate surface area is 163 Å². The Balaban J connectivity index is 1.62. The predicted octanol–water partition coefficient (Wildman–Crippen LogP) is 4.76. The standard InChI is InChI=1S/C19H15BrN2O3S/c1-12(25-18(24)14-9-5-6-10-15(14)20)17(23)22-19-21-16(11-26-19)13-7-3-2-4-8-13/h2-12H,1H3,(H,21,22,23)/t12-/m1/s1. The minimum atomic E-state index is -0.946. The number of halogens is 1. The first-order valence-electron chi connectivity index (χ1n) is 7.82. The fourth-order valence-electron chi connectivity index (χ4n) is 2.18. The van der Waals surface area contributed by atoms with E-state index >= 15 is 0 Å². The quantitative estimate of drug-likeness (QED) is 0.592. The van der Waals surface area contributed by atoms with Crippen molar-refractivity contribution in [1.29, 1.82) is 0 Å². The first-order chi connectivity index (χ1) is 12.5. The van der Waals surface area contributed by atoms with Gasteiger partial charge in [0.2, 0.25) is 0 Å². The molecule has 2 aromatic carbocycles. The second-order valence-corrected chi connectivity index (χ2v) is 7.13. The molecule has 0 aliphatic heterocycles. The smallest absolute Gasteiger partial charge is 0.340 e. The molecule has 1 N–H and O–H groups in total. The van der Waals surface area contributed by atoms with E-state index in [1.807, 2.05) is 35.7 Å². The molecule has 0 bridgehead atoms. The second kappa shape index (κ2) is 8.25. The third kappa shape index (κ3) is 4.36. The van der Waals surface area contributed by atoms with Crippen molar-refractivity contribution < 1.29 is 14.3 Å². The number of anilines is 1. The molecule has 0 spiro atoms. The van der Waals surface area contributed by atoms with Crippen molar-refractivity contribution in [2.75, 3.05) is 5.32 Å². The number of nitrogens with zero attached hydrogens (tertiary/aromatic N) is 1. The van der Waals surface area contributed by atoms with Gasteiger partial charge in [0.05, 0.1) is 11.3 Å². The van der Waals surface area contributed by atoms with Crippen LogP contribution in [-0.4, -0.2) is 23.0 Å². The monoisotopic (exact) mass is 430 g/mol. The summed E-state index contributed by atoms with van der Waals surface area (Å²) in [5.41, 5.74) is 2.12. The van der Waals surface area contributed by atoms with Crippen LogP contribution in [-0.2, 0) is 9.53 Å². The molecular formula is C19H15BrN2O3S. The van der Waals surface area contributed by atoms with Crippen molar-refractivity contribution in [3.63, 3.8) is 0 Å². The van der Waals surface area contributed by atoms with Gasteiger partial charge in [-0.1, -0.05) is 42.5 Å². The van der Waals surface area contributed by atoms with E-state index in [0.717, 1.165) is 11.3 Å². The molecule has 7 heteroatoms. The van der Waals surface area contributed by atoms with E-state index in [1.165, 1.54) is 18.3 Å². The molecule has 0 aliphatic carbocycles. The van der Waals surface area contributed by atoms with Gasteiger partial charge in [-0.05, 0) is 35.0 Å². The molecule has 3 rings (SSSR count). The lowest BCUT2D eigenvalue weighted by atomic mass is 10.2. The molecule has 132 valence electrons. The minimum Gasteiger partial charge on any atom is -0.449 e. The van der Waals surface area contributed by atoms with E-state index < -0.39 is 18.0 Å². The SMILES string of the molecule is C[C@@H](OC(=O)c1ccccc1Br)C(=O)Nc1nc(-c2ccccc2)cs1. The summed E-state index contributed by atoms with van der Waals surface area (Å²) in [7, 11) is 0. The average Bonchev–Trinajstić information content (AvgIpc) is 3.11. The maximum absolute atomic E-state index is 12.3. The highest BCUT2D eigenvalue weighted by Gasteiger charge is 2.21. The molecule has 26 heavy (non-hydrogen) atoms. The lowest BCUT2D eigenvalue weighted by Crippen LogP contribution is -2.30. The van der Waals surface area contributed by atoms with Gasteiger partial charge in [-0.2, -0.15) is 0 Å². The molecule has 0 saturated carbocycles. The van der Waals surface area contributed by atoms with Crippen molar-refractivity contribution in [3.8, 4) is 11.3 Å². The topological polar surface area (TPSA) is 68.3 Å². The van der Waals surface area contributed by atoms with E-state index in [2.05, 4.69) is 26.2 Å². The lowest BCUT2D eigenvalue weighted by Gasteiger charge is -2.13. The number of esters is 1. The largest absolute Gasteiger partial charge is 0.449 e. The Bertz CT molecular complexity index is 927. The zero-order chi connectivity index (χ0) is 18.5. The van der Waals surface area contributed by atoms with E-state index in [9.17, 15) is 9.59 Å². The van der Waals surface area contributed by atoms with Crippen LogP contribution in [0.25, 0.3) is 11.3 Å². The molecular weight excluding hydrogens is 416 g/mol. The Morgan fingerprint density at radius 1 is 1.12 bits per heavy atom. The van der Waals surface area contributed by atoms with Crippen LogP contribution >= 0.6 is 27.3 Å². The Morgan fingerprint density at radius 2 is 1.81 bits per heavy atom. The van der Waals surface area contributed by atoms with E-state index in [-0.39, 0.29) is 0 Å². The van der Waals surface area contributed by atoms with Crippen LogP contribution in [0.3, 0.4) is 0 Å². The number of benzene rings is 2. The van der Waals surface area contributed by atoms with Crippen molar-refractivity contribution in [3.05, 3.63) is 70.0 Å². The number of ether oxygens (including phenoxy) is 1. The number of carbonyl (C=O) groups is 2. The van der Waals surface area contributed by atoms with Crippen molar-refractivity contribution >= 4 is 44.3 Å². The molecule has 1 heterocycles. The highest BCUT2D eigenvalue weighted by molar-refractivity contribution is 9.10. The highest BCUT2D eigenvalue weighted by Crippen LogP contribution is 2.25. The van der Waals surface area contributed by atoms with Crippen LogP contribution in [0.1, 0.15) is 17.3 Å². The maximum Gasteiger partial charge on any atom is 0.340 e. The first kappa shape index (κ1) is 18.3. The fraction of sp³-hybridized carbons (Fsp3) is 0.105. The highest BCUT2D eigenvalue weighted by atomic mass is 79.9. The van der Waals surface area contributed by atoms with Gasteiger partial charge in [0.1, 0.15) is 0 Å². The predicted molar refractivity (Wildman–Crippen MR) is 105 cm³/mol. The molecule has 1 atom stereocenters. The molecule has 0 saturated heterocycles. The van der Waals surface area contributed by atoms with E-state index in [4.69, 9.17) is 4.74 Å².